The summed E-state index contributed by atoms with van der Waals surface area (Å²) >= 11 is 0. The Labute approximate surface area is 118 Å². The van der Waals surface area contributed by atoms with Crippen LogP contribution in [0.5, 0.6) is 5.75 Å². The molecule has 0 unspecified atom stereocenters. The second-order valence-electron chi connectivity index (χ2n) is 5.20. The van der Waals surface area contributed by atoms with Gasteiger partial charge in [-0.3, -0.25) is 4.79 Å². The van der Waals surface area contributed by atoms with Gasteiger partial charge in [-0.25, -0.2) is 4.79 Å². The van der Waals surface area contributed by atoms with E-state index in [1.807, 2.05) is 0 Å². The summed E-state index contributed by atoms with van der Waals surface area (Å²) in [5.74, 6) is -0.473. The van der Waals surface area contributed by atoms with Gasteiger partial charge in [0.15, 0.2) is 0 Å². The van der Waals surface area contributed by atoms with Crippen LogP contribution >= 0.6 is 0 Å². The Balaban J connectivity index is 2.30. The van der Waals surface area contributed by atoms with E-state index in [0.29, 0.717) is 0 Å². The maximum absolute atomic E-state index is 11.7. The Morgan fingerprint density at radius 1 is 1.15 bits per heavy atom. The predicted molar refractivity (Wildman–Crippen MR) is 74.7 cm³/mol. The summed E-state index contributed by atoms with van der Waals surface area (Å²) < 4.78 is 5.05. The highest BCUT2D eigenvalue weighted by Gasteiger charge is 2.15. The number of rotatable bonds is 4. The van der Waals surface area contributed by atoms with Crippen LogP contribution in [-0.4, -0.2) is 35.8 Å². The van der Waals surface area contributed by atoms with Crippen LogP contribution in [0.1, 0.15) is 31.1 Å². The van der Waals surface area contributed by atoms with E-state index >= 15 is 0 Å². The number of hydrogen-bond donors (Lipinski definition) is 3. The van der Waals surface area contributed by atoms with Gasteiger partial charge in [-0.15, -0.1) is 0 Å². The maximum atomic E-state index is 11.7. The Kier molecular flexibility index (Phi) is 5.37. The number of amides is 2. The molecular formula is C14H20N2O4. The molecule has 0 fully saturated rings. The number of ether oxygens (including phenoxy) is 1. The quantitative estimate of drug-likeness (QED) is 0.732. The highest BCUT2D eigenvalue weighted by molar-refractivity contribution is 5.96. The molecule has 0 aliphatic carbocycles. The lowest BCUT2D eigenvalue weighted by Gasteiger charge is -2.19. The average molecular weight is 280 g/mol. The van der Waals surface area contributed by atoms with Crippen LogP contribution in [0.2, 0.25) is 0 Å². The minimum atomic E-state index is -0.552. The van der Waals surface area contributed by atoms with Gasteiger partial charge in [-0.05, 0) is 32.9 Å². The number of para-hydroxylation sites is 1. The minimum Gasteiger partial charge on any atom is -0.507 e. The summed E-state index contributed by atoms with van der Waals surface area (Å²) in [7, 11) is 0. The van der Waals surface area contributed by atoms with Crippen molar-refractivity contribution in [2.45, 2.75) is 26.4 Å². The molecule has 110 valence electrons. The molecule has 20 heavy (non-hydrogen) atoms. The highest BCUT2D eigenvalue weighted by Crippen LogP contribution is 2.14. The van der Waals surface area contributed by atoms with Crippen molar-refractivity contribution < 1.29 is 19.4 Å². The van der Waals surface area contributed by atoms with E-state index in [1.165, 1.54) is 12.1 Å². The monoisotopic (exact) mass is 280 g/mol. The van der Waals surface area contributed by atoms with E-state index in [-0.39, 0.29) is 24.4 Å². The molecule has 0 aliphatic heterocycles. The number of nitrogens with one attached hydrogen (secondary N) is 2. The third kappa shape index (κ3) is 5.60. The van der Waals surface area contributed by atoms with Crippen molar-refractivity contribution >= 4 is 12.0 Å². The Hall–Kier alpha value is -2.24. The van der Waals surface area contributed by atoms with Crippen LogP contribution in [0.3, 0.4) is 0 Å². The zero-order valence-corrected chi connectivity index (χ0v) is 11.9. The fraction of sp³-hybridized carbons (Fsp3) is 0.429. The second kappa shape index (κ2) is 6.79. The van der Waals surface area contributed by atoms with Crippen molar-refractivity contribution in [2.24, 2.45) is 0 Å². The molecule has 2 amide bonds. The fourth-order valence-corrected chi connectivity index (χ4v) is 1.42. The molecule has 1 aromatic rings. The van der Waals surface area contributed by atoms with E-state index < -0.39 is 17.6 Å². The molecule has 3 N–H and O–H groups in total. The zero-order chi connectivity index (χ0) is 15.2. The summed E-state index contributed by atoms with van der Waals surface area (Å²) in [6.45, 7) is 5.80. The number of alkyl carbamates (subject to hydrolysis) is 1. The molecule has 1 aromatic carbocycles. The van der Waals surface area contributed by atoms with Gasteiger partial charge < -0.3 is 20.5 Å². The van der Waals surface area contributed by atoms with Crippen molar-refractivity contribution in [3.05, 3.63) is 29.8 Å². The number of benzene rings is 1. The third-order valence-corrected chi connectivity index (χ3v) is 2.23. The lowest BCUT2D eigenvalue weighted by Crippen LogP contribution is -2.37. The van der Waals surface area contributed by atoms with Gasteiger partial charge in [0.05, 0.1) is 5.56 Å². The van der Waals surface area contributed by atoms with Gasteiger partial charge in [0.1, 0.15) is 11.4 Å². The smallest absolute Gasteiger partial charge is 0.407 e. The molecule has 6 heteroatoms. The van der Waals surface area contributed by atoms with Crippen LogP contribution in [-0.2, 0) is 4.74 Å². The molecule has 0 atom stereocenters. The van der Waals surface area contributed by atoms with Gasteiger partial charge >= 0.3 is 6.09 Å². The van der Waals surface area contributed by atoms with Crippen LogP contribution in [0.4, 0.5) is 4.79 Å². The molecule has 0 radical (unpaired) electrons. The Morgan fingerprint density at radius 3 is 2.35 bits per heavy atom. The molecular weight excluding hydrogens is 260 g/mol. The molecule has 0 aromatic heterocycles. The lowest BCUT2D eigenvalue weighted by molar-refractivity contribution is 0.0526. The van der Waals surface area contributed by atoms with Gasteiger partial charge in [0.25, 0.3) is 5.91 Å². The molecule has 0 saturated heterocycles. The number of hydrogen-bond acceptors (Lipinski definition) is 4. The normalized spacial score (nSPS) is 10.8. The first-order valence-electron chi connectivity index (χ1n) is 6.32. The van der Waals surface area contributed by atoms with Crippen molar-refractivity contribution in [3.8, 4) is 5.75 Å². The van der Waals surface area contributed by atoms with Crippen LogP contribution in [0.25, 0.3) is 0 Å². The van der Waals surface area contributed by atoms with Crippen molar-refractivity contribution in [3.63, 3.8) is 0 Å². The SMILES string of the molecule is CC(C)(C)OC(=O)NCCNC(=O)c1ccccc1O. The second-order valence-corrected chi connectivity index (χ2v) is 5.20. The maximum Gasteiger partial charge on any atom is 0.407 e. The summed E-state index contributed by atoms with van der Waals surface area (Å²) in [5.41, 5.74) is -0.354. The number of carbonyl (C=O) groups is 2. The van der Waals surface area contributed by atoms with Gasteiger partial charge in [-0.1, -0.05) is 12.1 Å². The van der Waals surface area contributed by atoms with E-state index in [9.17, 15) is 14.7 Å². The first-order chi connectivity index (χ1) is 9.29. The zero-order valence-electron chi connectivity index (χ0n) is 11.9. The van der Waals surface area contributed by atoms with Gasteiger partial charge in [0, 0.05) is 13.1 Å². The van der Waals surface area contributed by atoms with E-state index in [4.69, 9.17) is 4.74 Å². The van der Waals surface area contributed by atoms with Crippen molar-refractivity contribution in [1.82, 2.24) is 10.6 Å². The Bertz CT molecular complexity index is 480. The van der Waals surface area contributed by atoms with Crippen molar-refractivity contribution in [2.75, 3.05) is 13.1 Å². The standard InChI is InChI=1S/C14H20N2O4/c1-14(2,3)20-13(19)16-9-8-15-12(18)10-6-4-5-7-11(10)17/h4-7,17H,8-9H2,1-3H3,(H,15,18)(H,16,19). The summed E-state index contributed by atoms with van der Waals surface area (Å²) in [4.78, 5) is 23.1. The fourth-order valence-electron chi connectivity index (χ4n) is 1.42. The lowest BCUT2D eigenvalue weighted by atomic mass is 10.2. The number of phenols is 1. The number of aromatic hydroxyl groups is 1. The topological polar surface area (TPSA) is 87.7 Å². The molecule has 0 spiro atoms. The predicted octanol–water partition coefficient (Wildman–Crippen LogP) is 1.65. The van der Waals surface area contributed by atoms with Crippen LogP contribution in [0, 0.1) is 0 Å². The van der Waals surface area contributed by atoms with Gasteiger partial charge in [0.2, 0.25) is 0 Å². The first-order valence-corrected chi connectivity index (χ1v) is 6.32. The number of phenolic OH excluding ortho intramolecular Hbond substituents is 1. The molecule has 0 bridgehead atoms. The van der Waals surface area contributed by atoms with Crippen LogP contribution in [0.15, 0.2) is 24.3 Å². The highest BCUT2D eigenvalue weighted by atomic mass is 16.6. The largest absolute Gasteiger partial charge is 0.507 e. The minimum absolute atomic E-state index is 0.0786. The van der Waals surface area contributed by atoms with Crippen LogP contribution < -0.4 is 10.6 Å². The van der Waals surface area contributed by atoms with E-state index in [1.54, 1.807) is 32.9 Å². The summed E-state index contributed by atoms with van der Waals surface area (Å²) in [5, 5.41) is 14.6. The molecule has 0 aliphatic rings. The molecule has 6 nitrogen and oxygen atoms in total. The van der Waals surface area contributed by atoms with Crippen molar-refractivity contribution in [1.29, 1.82) is 0 Å². The molecule has 1 rings (SSSR count). The molecule has 0 heterocycles. The Morgan fingerprint density at radius 2 is 1.75 bits per heavy atom. The summed E-state index contributed by atoms with van der Waals surface area (Å²) in [6.07, 6.45) is -0.533. The summed E-state index contributed by atoms with van der Waals surface area (Å²) in [6, 6.07) is 6.25. The van der Waals surface area contributed by atoms with Gasteiger partial charge in [-0.2, -0.15) is 0 Å². The number of carbonyl (C=O) groups excluding carboxylic acids is 2. The van der Waals surface area contributed by atoms with E-state index in [2.05, 4.69) is 10.6 Å². The first kappa shape index (κ1) is 15.8. The van der Waals surface area contributed by atoms with E-state index in [0.717, 1.165) is 0 Å². The average Bonchev–Trinajstić information content (AvgIpc) is 2.33. The molecule has 0 saturated carbocycles. The third-order valence-electron chi connectivity index (χ3n) is 2.23.